The number of ketones is 1. The molecule has 0 rings (SSSR count). The molecule has 0 unspecified atom stereocenters. The smallest absolute Gasteiger partial charge is 0.152 e. The highest BCUT2D eigenvalue weighted by molar-refractivity contribution is 5.84. The Kier molecular flexibility index (Phi) is 19.6. The molecule has 30 heavy (non-hydrogen) atoms. The van der Waals surface area contributed by atoms with Gasteiger partial charge in [0.05, 0.1) is 12.6 Å². The molecule has 0 aromatic heterocycles. The number of carbonyl (C=O) groups is 1. The summed E-state index contributed by atoms with van der Waals surface area (Å²) in [6.45, 7) is 1.55. The summed E-state index contributed by atoms with van der Waals surface area (Å²) in [4.78, 5) is 12.0. The largest absolute Gasteiger partial charge is 0.394 e. The highest BCUT2D eigenvalue weighted by Gasteiger charge is 2.32. The van der Waals surface area contributed by atoms with Gasteiger partial charge in [0.15, 0.2) is 5.78 Å². The number of allylic oxidation sites excluding steroid dienone is 2. The Bertz CT molecular complexity index is 430. The number of hydrogen-bond donors (Lipinski definition) is 5. The van der Waals surface area contributed by atoms with Crippen molar-refractivity contribution >= 4 is 5.78 Å². The highest BCUT2D eigenvalue weighted by Crippen LogP contribution is 2.12. The number of hydrogen-bond acceptors (Lipinski definition) is 6. The van der Waals surface area contributed by atoms with Crippen molar-refractivity contribution < 1.29 is 25.2 Å². The van der Waals surface area contributed by atoms with Crippen molar-refractivity contribution in [3.05, 3.63) is 12.2 Å². The molecule has 6 nitrogen and oxygen atoms in total. The Balaban J connectivity index is 3.56. The zero-order valence-corrected chi connectivity index (χ0v) is 19.1. The number of nitrogens with two attached hydrogens (primary N) is 1. The Morgan fingerprint density at radius 1 is 0.767 bits per heavy atom. The first kappa shape index (κ1) is 29.2. The quantitative estimate of drug-likeness (QED) is 0.141. The Hall–Kier alpha value is -0.790. The van der Waals surface area contributed by atoms with E-state index in [2.05, 4.69) is 19.1 Å². The summed E-state index contributed by atoms with van der Waals surface area (Å²) in [6.07, 6.45) is 16.8. The lowest BCUT2D eigenvalue weighted by Crippen LogP contribution is -2.52. The van der Waals surface area contributed by atoms with Crippen LogP contribution in [0.25, 0.3) is 0 Å². The molecule has 4 atom stereocenters. The van der Waals surface area contributed by atoms with Crippen LogP contribution in [0.2, 0.25) is 0 Å². The van der Waals surface area contributed by atoms with Gasteiger partial charge >= 0.3 is 0 Å². The second-order valence-corrected chi connectivity index (χ2v) is 8.41. The summed E-state index contributed by atoms with van der Waals surface area (Å²) < 4.78 is 0. The number of Topliss-reactive ketones (excluding diaryl/α,β-unsaturated/α-hetero) is 1. The zero-order valence-electron chi connectivity index (χ0n) is 19.1. The molecule has 0 heterocycles. The van der Waals surface area contributed by atoms with Gasteiger partial charge in [-0.05, 0) is 32.1 Å². The predicted molar refractivity (Wildman–Crippen MR) is 122 cm³/mol. The van der Waals surface area contributed by atoms with Crippen LogP contribution in [0.15, 0.2) is 12.2 Å². The number of carbonyl (C=O) groups excluding carboxylic acids is 1. The normalized spacial score (nSPS) is 15.9. The number of aliphatic hydroxyl groups excluding tert-OH is 4. The van der Waals surface area contributed by atoms with Gasteiger partial charge in [-0.1, -0.05) is 76.9 Å². The molecule has 0 aromatic rings. The van der Waals surface area contributed by atoms with Crippen LogP contribution < -0.4 is 5.73 Å². The molecule has 6 N–H and O–H groups in total. The van der Waals surface area contributed by atoms with E-state index in [1.165, 1.54) is 57.8 Å². The average molecular weight is 430 g/mol. The van der Waals surface area contributed by atoms with E-state index in [1.54, 1.807) is 0 Å². The minimum atomic E-state index is -1.63. The first-order valence-electron chi connectivity index (χ1n) is 12.0. The van der Waals surface area contributed by atoms with Gasteiger partial charge in [-0.2, -0.15) is 0 Å². The van der Waals surface area contributed by atoms with Crippen LogP contribution in [0.3, 0.4) is 0 Å². The number of aliphatic hydroxyl groups is 4. The lowest BCUT2D eigenvalue weighted by Gasteiger charge is -2.25. The van der Waals surface area contributed by atoms with E-state index in [0.717, 1.165) is 25.7 Å². The molecular weight excluding hydrogens is 382 g/mol. The van der Waals surface area contributed by atoms with Crippen LogP contribution in [-0.2, 0) is 4.79 Å². The Morgan fingerprint density at radius 3 is 1.73 bits per heavy atom. The van der Waals surface area contributed by atoms with Crippen LogP contribution in [0.5, 0.6) is 0 Å². The van der Waals surface area contributed by atoms with Crippen LogP contribution in [0, 0.1) is 0 Å². The molecule has 0 amide bonds. The van der Waals surface area contributed by atoms with Crippen molar-refractivity contribution in [2.24, 2.45) is 5.73 Å². The van der Waals surface area contributed by atoms with Gasteiger partial charge < -0.3 is 26.2 Å². The van der Waals surface area contributed by atoms with Gasteiger partial charge in [0.1, 0.15) is 18.3 Å². The fourth-order valence-corrected chi connectivity index (χ4v) is 3.45. The van der Waals surface area contributed by atoms with Crippen LogP contribution in [0.4, 0.5) is 0 Å². The lowest BCUT2D eigenvalue weighted by atomic mass is 9.95. The van der Waals surface area contributed by atoms with E-state index in [-0.39, 0.29) is 12.2 Å². The monoisotopic (exact) mass is 429 g/mol. The maximum atomic E-state index is 12.0. The summed E-state index contributed by atoms with van der Waals surface area (Å²) in [7, 11) is 0. The minimum Gasteiger partial charge on any atom is -0.394 e. The Labute approximate surface area is 183 Å². The average Bonchev–Trinajstić information content (AvgIpc) is 2.76. The summed E-state index contributed by atoms with van der Waals surface area (Å²) in [5.41, 5.74) is 5.66. The third-order valence-corrected chi connectivity index (χ3v) is 5.61. The highest BCUT2D eigenvalue weighted by atomic mass is 16.4. The lowest BCUT2D eigenvalue weighted by molar-refractivity contribution is -0.129. The number of unbranched alkanes of at least 4 members (excludes halogenated alkanes) is 12. The molecule has 0 aromatic carbocycles. The molecule has 0 aliphatic rings. The molecule has 0 radical (unpaired) electrons. The van der Waals surface area contributed by atoms with E-state index in [4.69, 9.17) is 10.8 Å². The molecular formula is C24H47NO5. The Morgan fingerprint density at radius 2 is 1.23 bits per heavy atom. The molecule has 0 aliphatic heterocycles. The van der Waals surface area contributed by atoms with E-state index in [1.807, 2.05) is 0 Å². The van der Waals surface area contributed by atoms with Crippen LogP contribution >= 0.6 is 0 Å². The van der Waals surface area contributed by atoms with Crippen LogP contribution in [-0.4, -0.2) is 57.2 Å². The second-order valence-electron chi connectivity index (χ2n) is 8.41. The minimum absolute atomic E-state index is 0.251. The van der Waals surface area contributed by atoms with Crippen LogP contribution in [0.1, 0.15) is 103 Å². The summed E-state index contributed by atoms with van der Waals surface area (Å²) >= 11 is 0. The van der Waals surface area contributed by atoms with E-state index < -0.39 is 31.0 Å². The van der Waals surface area contributed by atoms with Crippen molar-refractivity contribution in [3.63, 3.8) is 0 Å². The molecule has 178 valence electrons. The van der Waals surface area contributed by atoms with Gasteiger partial charge in [-0.15, -0.1) is 0 Å². The molecule has 0 aliphatic carbocycles. The predicted octanol–water partition coefficient (Wildman–Crippen LogP) is 3.39. The van der Waals surface area contributed by atoms with Gasteiger partial charge in [0, 0.05) is 6.42 Å². The van der Waals surface area contributed by atoms with E-state index >= 15 is 0 Å². The van der Waals surface area contributed by atoms with Crippen molar-refractivity contribution in [2.45, 2.75) is 128 Å². The van der Waals surface area contributed by atoms with Crippen molar-refractivity contribution in [1.29, 1.82) is 0 Å². The third kappa shape index (κ3) is 15.1. The van der Waals surface area contributed by atoms with Crippen molar-refractivity contribution in [1.82, 2.24) is 0 Å². The van der Waals surface area contributed by atoms with E-state index in [0.29, 0.717) is 6.42 Å². The summed E-state index contributed by atoms with van der Waals surface area (Å²) in [5, 5.41) is 37.5. The van der Waals surface area contributed by atoms with Gasteiger partial charge in [0.25, 0.3) is 0 Å². The zero-order chi connectivity index (χ0) is 22.6. The molecule has 0 spiro atoms. The fraction of sp³-hybridized carbons (Fsp3) is 0.875. The van der Waals surface area contributed by atoms with Crippen molar-refractivity contribution in [2.75, 3.05) is 6.61 Å². The van der Waals surface area contributed by atoms with E-state index in [9.17, 15) is 20.1 Å². The fourth-order valence-electron chi connectivity index (χ4n) is 3.45. The van der Waals surface area contributed by atoms with Gasteiger partial charge in [-0.25, -0.2) is 0 Å². The van der Waals surface area contributed by atoms with Gasteiger partial charge in [0.2, 0.25) is 0 Å². The molecule has 0 bridgehead atoms. The van der Waals surface area contributed by atoms with Gasteiger partial charge in [-0.3, -0.25) is 4.79 Å². The summed E-state index contributed by atoms with van der Waals surface area (Å²) in [6, 6.07) is -1.25. The van der Waals surface area contributed by atoms with Crippen molar-refractivity contribution in [3.8, 4) is 0 Å². The first-order chi connectivity index (χ1) is 14.5. The SMILES string of the molecule is CCCCCCCCC=CCCCCCCCCC(=O)[C@H](N)[C@@H](O)[C@H](O)[C@H](O)CO. The maximum absolute atomic E-state index is 12.0. The molecule has 0 saturated heterocycles. The summed E-state index contributed by atoms with van der Waals surface area (Å²) in [5.74, 6) is -0.331. The first-order valence-corrected chi connectivity index (χ1v) is 12.0. The second kappa shape index (κ2) is 20.1. The molecule has 0 saturated carbocycles. The topological polar surface area (TPSA) is 124 Å². The molecule has 6 heteroatoms. The third-order valence-electron chi connectivity index (χ3n) is 5.61. The number of rotatable bonds is 21. The molecule has 0 fully saturated rings. The maximum Gasteiger partial charge on any atom is 0.152 e. The standard InChI is InChI=1S/C24H47NO5/c1-2-3-4-5-6-7-8-9-10-11-12-13-14-15-16-17-18-20(27)22(25)24(30)23(29)21(28)19-26/h9-10,21-24,26,28-30H,2-8,11-19,25H2,1H3/t21-,22+,23-,24-/m1/s1.